The Balaban J connectivity index is 2.69. The molecule has 0 spiro atoms. The van der Waals surface area contributed by atoms with E-state index < -0.39 is 0 Å². The highest BCUT2D eigenvalue weighted by molar-refractivity contribution is 5.89. The van der Waals surface area contributed by atoms with Gasteiger partial charge in [0, 0.05) is 5.92 Å². The van der Waals surface area contributed by atoms with Crippen LogP contribution in [0.2, 0.25) is 0 Å². The van der Waals surface area contributed by atoms with Gasteiger partial charge in [-0.05, 0) is 39.8 Å². The van der Waals surface area contributed by atoms with Crippen molar-refractivity contribution >= 4 is 5.78 Å². The zero-order valence-electron chi connectivity index (χ0n) is 10.7. The predicted molar refractivity (Wildman–Crippen MR) is 64.0 cm³/mol. The third-order valence-corrected chi connectivity index (χ3v) is 3.52. The fourth-order valence-corrected chi connectivity index (χ4v) is 2.49. The van der Waals surface area contributed by atoms with Crippen molar-refractivity contribution in [2.45, 2.75) is 58.9 Å². The zero-order chi connectivity index (χ0) is 11.5. The minimum Gasteiger partial charge on any atom is -0.297 e. The molecular formula is C13H25NO. The van der Waals surface area contributed by atoms with Gasteiger partial charge < -0.3 is 0 Å². The van der Waals surface area contributed by atoms with Gasteiger partial charge in [-0.3, -0.25) is 9.69 Å². The van der Waals surface area contributed by atoms with Gasteiger partial charge in [-0.25, -0.2) is 0 Å². The van der Waals surface area contributed by atoms with Gasteiger partial charge in [-0.1, -0.05) is 26.7 Å². The number of carbonyl (C=O) groups is 1. The summed E-state index contributed by atoms with van der Waals surface area (Å²) in [6.07, 6.45) is 5.13. The van der Waals surface area contributed by atoms with Crippen molar-refractivity contribution in [3.8, 4) is 0 Å². The van der Waals surface area contributed by atoms with E-state index in [1.807, 2.05) is 13.8 Å². The Hall–Kier alpha value is -0.370. The molecule has 0 unspecified atom stereocenters. The summed E-state index contributed by atoms with van der Waals surface area (Å²) in [7, 11) is 0. The lowest BCUT2D eigenvalue weighted by Gasteiger charge is -2.37. The molecule has 0 saturated carbocycles. The van der Waals surface area contributed by atoms with Crippen molar-refractivity contribution in [3.63, 3.8) is 0 Å². The quantitative estimate of drug-likeness (QED) is 0.715. The molecule has 1 rings (SSSR count). The Labute approximate surface area is 94.0 Å². The van der Waals surface area contributed by atoms with Crippen molar-refractivity contribution in [1.29, 1.82) is 0 Å². The molecule has 1 saturated heterocycles. The van der Waals surface area contributed by atoms with Gasteiger partial charge in [0.2, 0.25) is 0 Å². The number of nitrogens with zero attached hydrogens (tertiary/aromatic N) is 1. The maximum absolute atomic E-state index is 12.1. The van der Waals surface area contributed by atoms with Gasteiger partial charge in [0.15, 0.2) is 5.78 Å². The minimum absolute atomic E-state index is 0.142. The average Bonchev–Trinajstić information content (AvgIpc) is 2.44. The van der Waals surface area contributed by atoms with Crippen LogP contribution in [0, 0.1) is 5.92 Å². The normalized spacial score (nSPS) is 20.3. The van der Waals surface area contributed by atoms with Crippen LogP contribution in [0.4, 0.5) is 0 Å². The second kappa shape index (κ2) is 5.11. The summed E-state index contributed by atoms with van der Waals surface area (Å²) in [6, 6.07) is 0. The van der Waals surface area contributed by atoms with Gasteiger partial charge in [0.05, 0.1) is 5.54 Å². The highest BCUT2D eigenvalue weighted by Crippen LogP contribution is 2.23. The second-order valence-electron chi connectivity index (χ2n) is 5.48. The number of likely N-dealkylation sites (tertiary alicyclic amines) is 1. The van der Waals surface area contributed by atoms with E-state index in [2.05, 4.69) is 18.7 Å². The van der Waals surface area contributed by atoms with Crippen LogP contribution < -0.4 is 0 Å². The van der Waals surface area contributed by atoms with Crippen LogP contribution in [-0.2, 0) is 4.79 Å². The third kappa shape index (κ3) is 3.04. The summed E-state index contributed by atoms with van der Waals surface area (Å²) in [5, 5.41) is 0. The van der Waals surface area contributed by atoms with E-state index in [-0.39, 0.29) is 11.5 Å². The van der Waals surface area contributed by atoms with E-state index in [1.165, 1.54) is 25.7 Å². The largest absolute Gasteiger partial charge is 0.297 e. The van der Waals surface area contributed by atoms with Gasteiger partial charge in [0.25, 0.3) is 0 Å². The fourth-order valence-electron chi connectivity index (χ4n) is 2.49. The van der Waals surface area contributed by atoms with Crippen molar-refractivity contribution in [1.82, 2.24) is 4.90 Å². The SMILES string of the molecule is CC(C)C(=O)C(C)(C)N1CCCCCC1. The topological polar surface area (TPSA) is 20.3 Å². The van der Waals surface area contributed by atoms with Crippen LogP contribution in [0.15, 0.2) is 0 Å². The van der Waals surface area contributed by atoms with Crippen LogP contribution in [0.1, 0.15) is 53.4 Å². The van der Waals surface area contributed by atoms with Crippen molar-refractivity contribution in [2.75, 3.05) is 13.1 Å². The third-order valence-electron chi connectivity index (χ3n) is 3.52. The first-order chi connectivity index (χ1) is 6.96. The molecule has 88 valence electrons. The molecule has 0 aromatic carbocycles. The highest BCUT2D eigenvalue weighted by atomic mass is 16.1. The monoisotopic (exact) mass is 211 g/mol. The Morgan fingerprint density at radius 3 is 1.93 bits per heavy atom. The Morgan fingerprint density at radius 1 is 1.07 bits per heavy atom. The second-order valence-corrected chi connectivity index (χ2v) is 5.48. The number of rotatable bonds is 3. The van der Waals surface area contributed by atoms with Gasteiger partial charge in [-0.2, -0.15) is 0 Å². The molecule has 1 aliphatic heterocycles. The lowest BCUT2D eigenvalue weighted by atomic mass is 9.89. The molecule has 0 aromatic heterocycles. The molecule has 2 nitrogen and oxygen atoms in total. The molecule has 1 aliphatic rings. The van der Waals surface area contributed by atoms with Gasteiger partial charge in [-0.15, -0.1) is 0 Å². The first-order valence-corrected chi connectivity index (χ1v) is 6.25. The van der Waals surface area contributed by atoms with E-state index in [9.17, 15) is 4.79 Å². The summed E-state index contributed by atoms with van der Waals surface area (Å²) in [4.78, 5) is 14.5. The summed E-state index contributed by atoms with van der Waals surface area (Å²) in [5.41, 5.74) is -0.265. The van der Waals surface area contributed by atoms with E-state index in [1.54, 1.807) is 0 Å². The van der Waals surface area contributed by atoms with Crippen LogP contribution in [0.5, 0.6) is 0 Å². The van der Waals surface area contributed by atoms with Crippen LogP contribution >= 0.6 is 0 Å². The van der Waals surface area contributed by atoms with Crippen molar-refractivity contribution in [3.05, 3.63) is 0 Å². The maximum atomic E-state index is 12.1. The standard InChI is InChI=1S/C13H25NO/c1-11(2)12(15)13(3,4)14-9-7-5-6-8-10-14/h11H,5-10H2,1-4H3. The molecule has 0 N–H and O–H groups in total. The summed E-state index contributed by atoms with van der Waals surface area (Å²) >= 11 is 0. The number of carbonyl (C=O) groups excluding carboxylic acids is 1. The molecule has 0 amide bonds. The molecule has 1 heterocycles. The Kier molecular flexibility index (Phi) is 4.32. The molecule has 0 radical (unpaired) electrons. The first kappa shape index (κ1) is 12.7. The minimum atomic E-state index is -0.265. The van der Waals surface area contributed by atoms with E-state index in [0.29, 0.717) is 5.78 Å². The highest BCUT2D eigenvalue weighted by Gasteiger charge is 2.35. The lowest BCUT2D eigenvalue weighted by Crippen LogP contribution is -2.52. The van der Waals surface area contributed by atoms with Crippen LogP contribution in [-0.4, -0.2) is 29.3 Å². The molecule has 0 aliphatic carbocycles. The Bertz CT molecular complexity index is 213. The number of Topliss-reactive ketones (excluding diaryl/α,β-unsaturated/α-hetero) is 1. The molecule has 0 bridgehead atoms. The lowest BCUT2D eigenvalue weighted by molar-refractivity contribution is -0.132. The van der Waals surface area contributed by atoms with Gasteiger partial charge in [0.1, 0.15) is 0 Å². The summed E-state index contributed by atoms with van der Waals surface area (Å²) in [5.74, 6) is 0.521. The number of hydrogen-bond acceptors (Lipinski definition) is 2. The summed E-state index contributed by atoms with van der Waals surface area (Å²) in [6.45, 7) is 10.3. The molecule has 2 heteroatoms. The molecule has 0 aromatic rings. The number of ketones is 1. The van der Waals surface area contributed by atoms with Crippen LogP contribution in [0.25, 0.3) is 0 Å². The predicted octanol–water partition coefficient (Wildman–Crippen LogP) is 2.87. The van der Waals surface area contributed by atoms with E-state index in [4.69, 9.17) is 0 Å². The summed E-state index contributed by atoms with van der Waals surface area (Å²) < 4.78 is 0. The van der Waals surface area contributed by atoms with Crippen molar-refractivity contribution in [2.24, 2.45) is 5.92 Å². The smallest absolute Gasteiger partial charge is 0.155 e. The van der Waals surface area contributed by atoms with Crippen LogP contribution in [0.3, 0.4) is 0 Å². The maximum Gasteiger partial charge on any atom is 0.155 e. The van der Waals surface area contributed by atoms with E-state index in [0.717, 1.165) is 13.1 Å². The van der Waals surface area contributed by atoms with E-state index >= 15 is 0 Å². The molecule has 15 heavy (non-hydrogen) atoms. The number of hydrogen-bond donors (Lipinski definition) is 0. The van der Waals surface area contributed by atoms with Crippen molar-refractivity contribution < 1.29 is 4.79 Å². The zero-order valence-corrected chi connectivity index (χ0v) is 10.7. The Morgan fingerprint density at radius 2 is 1.53 bits per heavy atom. The fraction of sp³-hybridized carbons (Fsp3) is 0.923. The molecule has 1 fully saturated rings. The average molecular weight is 211 g/mol. The molecule has 0 atom stereocenters. The van der Waals surface area contributed by atoms with Gasteiger partial charge >= 0.3 is 0 Å². The molecular weight excluding hydrogens is 186 g/mol. The first-order valence-electron chi connectivity index (χ1n) is 6.25.